The predicted octanol–water partition coefficient (Wildman–Crippen LogP) is 2.71. The Hall–Kier alpha value is -1.98. The number of halogens is 2. The smallest absolute Gasteiger partial charge is 0.328 e. The van der Waals surface area contributed by atoms with Gasteiger partial charge in [-0.25, -0.2) is 13.6 Å². The standard InChI is InChI=1S/C17H21F2NO3/c1-23-16(22)14(11-12-5-3-2-4-6-12)20-15(21)13-7-9-17(18,19)10-8-13/h2-6,13-14H,7-11H2,1H3,(H,20,21)/t14-/m1/s1. The van der Waals surface area contributed by atoms with Crippen LogP contribution in [0.3, 0.4) is 0 Å². The van der Waals surface area contributed by atoms with Crippen LogP contribution in [-0.4, -0.2) is 31.0 Å². The minimum Gasteiger partial charge on any atom is -0.467 e. The van der Waals surface area contributed by atoms with Gasteiger partial charge in [-0.05, 0) is 18.4 Å². The number of hydrogen-bond acceptors (Lipinski definition) is 3. The SMILES string of the molecule is COC(=O)[C@@H](Cc1ccccc1)NC(=O)C1CCC(F)(F)CC1. The number of carbonyl (C=O) groups excluding carboxylic acids is 2. The molecule has 0 heterocycles. The summed E-state index contributed by atoms with van der Waals surface area (Å²) in [7, 11) is 1.26. The van der Waals surface area contributed by atoms with Crippen LogP contribution >= 0.6 is 0 Å². The second-order valence-corrected chi connectivity index (χ2v) is 5.90. The molecule has 0 radical (unpaired) electrons. The van der Waals surface area contributed by atoms with Gasteiger partial charge in [0.05, 0.1) is 7.11 Å². The van der Waals surface area contributed by atoms with Gasteiger partial charge in [0.2, 0.25) is 11.8 Å². The molecule has 0 aliphatic heterocycles. The van der Waals surface area contributed by atoms with Crippen molar-refractivity contribution in [2.24, 2.45) is 5.92 Å². The number of methoxy groups -OCH3 is 1. The minimum absolute atomic E-state index is 0.137. The molecule has 0 bridgehead atoms. The normalized spacial score (nSPS) is 18.9. The number of hydrogen-bond donors (Lipinski definition) is 1. The van der Waals surface area contributed by atoms with Gasteiger partial charge in [0, 0.05) is 25.2 Å². The molecule has 1 aliphatic rings. The fourth-order valence-electron chi connectivity index (χ4n) is 2.78. The van der Waals surface area contributed by atoms with Crippen LogP contribution < -0.4 is 5.32 Å². The van der Waals surface area contributed by atoms with Gasteiger partial charge in [-0.15, -0.1) is 0 Å². The summed E-state index contributed by atoms with van der Waals surface area (Å²) < 4.78 is 31.1. The van der Waals surface area contributed by atoms with Gasteiger partial charge in [0.15, 0.2) is 0 Å². The lowest BCUT2D eigenvalue weighted by molar-refractivity contribution is -0.146. The number of carbonyl (C=O) groups is 2. The molecule has 4 nitrogen and oxygen atoms in total. The Morgan fingerprint density at radius 1 is 1.26 bits per heavy atom. The van der Waals surface area contributed by atoms with E-state index in [0.717, 1.165) is 5.56 Å². The first kappa shape index (κ1) is 17.4. The molecule has 6 heteroatoms. The number of rotatable bonds is 5. The van der Waals surface area contributed by atoms with E-state index in [1.165, 1.54) is 7.11 Å². The largest absolute Gasteiger partial charge is 0.467 e. The topological polar surface area (TPSA) is 55.4 Å². The van der Waals surface area contributed by atoms with Crippen molar-refractivity contribution in [1.29, 1.82) is 0 Å². The van der Waals surface area contributed by atoms with Crippen molar-refractivity contribution >= 4 is 11.9 Å². The highest BCUT2D eigenvalue weighted by atomic mass is 19.3. The molecule has 0 saturated heterocycles. The third-order valence-electron chi connectivity index (χ3n) is 4.17. The average Bonchev–Trinajstić information content (AvgIpc) is 2.54. The molecular weight excluding hydrogens is 304 g/mol. The Balaban J connectivity index is 1.97. The third-order valence-corrected chi connectivity index (χ3v) is 4.17. The van der Waals surface area contributed by atoms with Gasteiger partial charge in [-0.3, -0.25) is 4.79 Å². The molecule has 1 amide bonds. The van der Waals surface area contributed by atoms with Gasteiger partial charge >= 0.3 is 5.97 Å². The van der Waals surface area contributed by atoms with E-state index >= 15 is 0 Å². The molecule has 1 fully saturated rings. The maximum Gasteiger partial charge on any atom is 0.328 e. The average molecular weight is 325 g/mol. The maximum absolute atomic E-state index is 13.2. The summed E-state index contributed by atoms with van der Waals surface area (Å²) in [5.41, 5.74) is 0.887. The van der Waals surface area contributed by atoms with Crippen LogP contribution in [-0.2, 0) is 20.7 Å². The van der Waals surface area contributed by atoms with E-state index in [4.69, 9.17) is 4.74 Å². The van der Waals surface area contributed by atoms with Crippen molar-refractivity contribution in [2.45, 2.75) is 44.1 Å². The molecule has 1 aromatic rings. The first-order valence-corrected chi connectivity index (χ1v) is 7.71. The fourth-order valence-corrected chi connectivity index (χ4v) is 2.78. The zero-order valence-corrected chi connectivity index (χ0v) is 13.1. The molecule has 126 valence electrons. The quantitative estimate of drug-likeness (QED) is 0.847. The first-order chi connectivity index (χ1) is 10.9. The summed E-state index contributed by atoms with van der Waals surface area (Å²) in [6.07, 6.45) is 0.0115. The minimum atomic E-state index is -2.68. The van der Waals surface area contributed by atoms with Crippen molar-refractivity contribution < 1.29 is 23.1 Å². The number of benzene rings is 1. The van der Waals surface area contributed by atoms with E-state index in [0.29, 0.717) is 6.42 Å². The number of esters is 1. The molecule has 23 heavy (non-hydrogen) atoms. The Kier molecular flexibility index (Phi) is 5.69. The summed E-state index contributed by atoms with van der Waals surface area (Å²) in [6.45, 7) is 0. The predicted molar refractivity (Wildman–Crippen MR) is 81.0 cm³/mol. The van der Waals surface area contributed by atoms with Crippen LogP contribution in [0.25, 0.3) is 0 Å². The summed E-state index contributed by atoms with van der Waals surface area (Å²) in [4.78, 5) is 24.1. The van der Waals surface area contributed by atoms with E-state index in [1.807, 2.05) is 30.3 Å². The third kappa shape index (κ3) is 5.01. The van der Waals surface area contributed by atoms with Gasteiger partial charge in [-0.2, -0.15) is 0 Å². The Morgan fingerprint density at radius 3 is 2.43 bits per heavy atom. The molecule has 0 aromatic heterocycles. The lowest BCUT2D eigenvalue weighted by atomic mass is 9.86. The van der Waals surface area contributed by atoms with Crippen LogP contribution in [0, 0.1) is 5.92 Å². The molecule has 1 aromatic carbocycles. The van der Waals surface area contributed by atoms with Crippen molar-refractivity contribution in [3.63, 3.8) is 0 Å². The van der Waals surface area contributed by atoms with Gasteiger partial charge in [0.25, 0.3) is 0 Å². The second-order valence-electron chi connectivity index (χ2n) is 5.90. The molecule has 1 aliphatic carbocycles. The van der Waals surface area contributed by atoms with Crippen LogP contribution in [0.5, 0.6) is 0 Å². The van der Waals surface area contributed by atoms with Gasteiger partial charge in [0.1, 0.15) is 6.04 Å². The van der Waals surface area contributed by atoms with E-state index in [9.17, 15) is 18.4 Å². The highest BCUT2D eigenvalue weighted by molar-refractivity contribution is 5.86. The first-order valence-electron chi connectivity index (χ1n) is 7.71. The Labute approximate surface area is 134 Å². The number of amides is 1. The van der Waals surface area contributed by atoms with Crippen LogP contribution in [0.2, 0.25) is 0 Å². The van der Waals surface area contributed by atoms with E-state index in [2.05, 4.69) is 5.32 Å². The highest BCUT2D eigenvalue weighted by Gasteiger charge is 2.38. The van der Waals surface area contributed by atoms with Gasteiger partial charge in [-0.1, -0.05) is 30.3 Å². The van der Waals surface area contributed by atoms with Crippen LogP contribution in [0.15, 0.2) is 30.3 Å². The van der Waals surface area contributed by atoms with E-state index < -0.39 is 23.9 Å². The molecule has 0 spiro atoms. The molecule has 1 atom stereocenters. The van der Waals surface area contributed by atoms with Crippen molar-refractivity contribution in [3.05, 3.63) is 35.9 Å². The number of alkyl halides is 2. The van der Waals surface area contributed by atoms with Crippen molar-refractivity contribution in [3.8, 4) is 0 Å². The number of nitrogens with one attached hydrogen (secondary N) is 1. The molecule has 1 saturated carbocycles. The monoisotopic (exact) mass is 325 g/mol. The van der Waals surface area contributed by atoms with E-state index in [-0.39, 0.29) is 31.6 Å². The van der Waals surface area contributed by atoms with Gasteiger partial charge < -0.3 is 10.1 Å². The highest BCUT2D eigenvalue weighted by Crippen LogP contribution is 2.36. The summed E-state index contributed by atoms with van der Waals surface area (Å²) in [5, 5.41) is 2.65. The summed E-state index contributed by atoms with van der Waals surface area (Å²) >= 11 is 0. The molecule has 0 unspecified atom stereocenters. The Morgan fingerprint density at radius 2 is 1.87 bits per heavy atom. The molecule has 1 N–H and O–H groups in total. The zero-order chi connectivity index (χ0) is 16.9. The summed E-state index contributed by atoms with van der Waals surface area (Å²) in [6, 6.07) is 8.44. The van der Waals surface area contributed by atoms with E-state index in [1.54, 1.807) is 0 Å². The number of ether oxygens (including phenoxy) is 1. The second kappa shape index (κ2) is 7.53. The van der Waals surface area contributed by atoms with Crippen LogP contribution in [0.4, 0.5) is 8.78 Å². The molecular formula is C17H21F2NO3. The van der Waals surface area contributed by atoms with Crippen molar-refractivity contribution in [1.82, 2.24) is 5.32 Å². The lowest BCUT2D eigenvalue weighted by Gasteiger charge is -2.28. The maximum atomic E-state index is 13.2. The van der Waals surface area contributed by atoms with Crippen molar-refractivity contribution in [2.75, 3.05) is 7.11 Å². The Bertz CT molecular complexity index is 538. The lowest BCUT2D eigenvalue weighted by Crippen LogP contribution is -2.46. The fraction of sp³-hybridized carbons (Fsp3) is 0.529. The molecule has 2 rings (SSSR count). The summed E-state index contributed by atoms with van der Waals surface area (Å²) in [5.74, 6) is -4.05. The zero-order valence-electron chi connectivity index (χ0n) is 13.1. The van der Waals surface area contributed by atoms with Crippen LogP contribution in [0.1, 0.15) is 31.2 Å².